The van der Waals surface area contributed by atoms with E-state index in [1.165, 1.54) is 14.2 Å². The van der Waals surface area contributed by atoms with Gasteiger partial charge in [0.15, 0.2) is 6.10 Å². The predicted molar refractivity (Wildman–Crippen MR) is 74.4 cm³/mol. The molecule has 0 aliphatic carbocycles. The molecule has 0 bridgehead atoms. The Kier molecular flexibility index (Phi) is 6.25. The number of ether oxygens (including phenoxy) is 5. The molecule has 0 spiro atoms. The molecule has 1 heterocycles. The second-order valence-corrected chi connectivity index (χ2v) is 4.95. The molecule has 1 saturated heterocycles. The van der Waals surface area contributed by atoms with Crippen LogP contribution < -0.4 is 5.73 Å². The van der Waals surface area contributed by atoms with Crippen LogP contribution in [0.3, 0.4) is 0 Å². The van der Waals surface area contributed by atoms with Gasteiger partial charge < -0.3 is 29.4 Å². The van der Waals surface area contributed by atoms with Crippen molar-refractivity contribution in [3.63, 3.8) is 0 Å². The molecule has 1 fully saturated rings. The first-order chi connectivity index (χ1) is 9.40. The number of halogens is 1. The molecule has 8 heteroatoms. The van der Waals surface area contributed by atoms with Crippen molar-refractivity contribution >= 4 is 22.0 Å². The smallest absolute Gasteiger partial charge is 0.407 e. The zero-order valence-corrected chi connectivity index (χ0v) is 13.3. The van der Waals surface area contributed by atoms with E-state index in [9.17, 15) is 4.79 Å². The third-order valence-electron chi connectivity index (χ3n) is 2.95. The lowest BCUT2D eigenvalue weighted by Gasteiger charge is -2.46. The van der Waals surface area contributed by atoms with Crippen molar-refractivity contribution < 1.29 is 28.5 Å². The largest absolute Gasteiger partial charge is 0.486 e. The fraction of sp³-hybridized carbons (Fsp3) is 0.750. The van der Waals surface area contributed by atoms with Gasteiger partial charge in [0.25, 0.3) is 5.79 Å². The minimum absolute atomic E-state index is 0.164. The summed E-state index contributed by atoms with van der Waals surface area (Å²) in [5, 5.41) is 0.164. The van der Waals surface area contributed by atoms with Gasteiger partial charge in [-0.15, -0.1) is 0 Å². The van der Waals surface area contributed by atoms with E-state index in [1.54, 1.807) is 6.92 Å². The predicted octanol–water partition coefficient (Wildman–Crippen LogP) is 1.15. The van der Waals surface area contributed by atoms with Gasteiger partial charge in [0.1, 0.15) is 12.2 Å². The Morgan fingerprint density at radius 3 is 2.55 bits per heavy atom. The van der Waals surface area contributed by atoms with Crippen molar-refractivity contribution in [3.8, 4) is 0 Å². The van der Waals surface area contributed by atoms with Crippen molar-refractivity contribution in [2.75, 3.05) is 26.2 Å². The highest BCUT2D eigenvalue weighted by Crippen LogP contribution is 2.35. The van der Waals surface area contributed by atoms with Crippen LogP contribution in [-0.2, 0) is 23.7 Å². The Balaban J connectivity index is 3.12. The van der Waals surface area contributed by atoms with Crippen LogP contribution in [0.5, 0.6) is 0 Å². The number of nitrogens with two attached hydrogens (primary N) is 1. The average molecular weight is 354 g/mol. The molecule has 4 atom stereocenters. The number of hydrogen-bond acceptors (Lipinski definition) is 6. The zero-order chi connectivity index (χ0) is 15.3. The maximum absolute atomic E-state index is 11.2. The molecule has 0 aromatic rings. The first-order valence-electron chi connectivity index (χ1n) is 5.96. The van der Waals surface area contributed by atoms with Crippen LogP contribution in [0.15, 0.2) is 12.3 Å². The molecule has 0 radical (unpaired) electrons. The number of methoxy groups -OCH3 is 2. The molecule has 1 aliphatic rings. The van der Waals surface area contributed by atoms with Crippen LogP contribution in [0.25, 0.3) is 0 Å². The van der Waals surface area contributed by atoms with Gasteiger partial charge in [-0.3, -0.25) is 0 Å². The van der Waals surface area contributed by atoms with Crippen molar-refractivity contribution in [1.82, 2.24) is 0 Å². The summed E-state index contributed by atoms with van der Waals surface area (Å²) in [5.41, 5.74) is 5.12. The number of allylic oxidation sites excluding steroid dienone is 1. The van der Waals surface area contributed by atoms with Crippen molar-refractivity contribution in [1.29, 1.82) is 0 Å². The molecular weight excluding hydrogens is 334 g/mol. The number of primary amides is 1. The molecule has 2 N–H and O–H groups in total. The van der Waals surface area contributed by atoms with Gasteiger partial charge in [0.05, 0.1) is 17.7 Å². The Labute approximate surface area is 126 Å². The highest BCUT2D eigenvalue weighted by Gasteiger charge is 2.55. The summed E-state index contributed by atoms with van der Waals surface area (Å²) in [5.74, 6) is -0.976. The van der Waals surface area contributed by atoms with Crippen molar-refractivity contribution in [3.05, 3.63) is 12.3 Å². The van der Waals surface area contributed by atoms with E-state index in [4.69, 9.17) is 29.4 Å². The highest BCUT2D eigenvalue weighted by molar-refractivity contribution is 9.09. The third-order valence-corrected chi connectivity index (χ3v) is 3.73. The van der Waals surface area contributed by atoms with Gasteiger partial charge in [-0.25, -0.2) is 4.79 Å². The normalized spacial score (nSPS) is 33.5. The van der Waals surface area contributed by atoms with E-state index in [2.05, 4.69) is 22.5 Å². The van der Waals surface area contributed by atoms with Gasteiger partial charge in [-0.2, -0.15) is 0 Å². The molecule has 1 aliphatic heterocycles. The fourth-order valence-corrected chi connectivity index (χ4v) is 2.69. The van der Waals surface area contributed by atoms with Gasteiger partial charge in [0.2, 0.25) is 0 Å². The zero-order valence-electron chi connectivity index (χ0n) is 11.8. The lowest BCUT2D eigenvalue weighted by Crippen LogP contribution is -2.65. The highest BCUT2D eigenvalue weighted by atomic mass is 79.9. The van der Waals surface area contributed by atoms with E-state index >= 15 is 0 Å². The molecule has 20 heavy (non-hydrogen) atoms. The summed E-state index contributed by atoms with van der Waals surface area (Å²) in [6, 6.07) is 0. The molecule has 1 rings (SSSR count). The number of rotatable bonds is 6. The monoisotopic (exact) mass is 353 g/mol. The third kappa shape index (κ3) is 3.63. The Bertz CT molecular complexity index is 366. The summed E-state index contributed by atoms with van der Waals surface area (Å²) in [4.78, 5) is 11.2. The SMILES string of the molecule is C=C(C)O[C@@H]1[C@H](OC)[C@H](OC)CO[C@@]1(CBr)OC(N)=O. The molecule has 1 amide bonds. The molecule has 0 saturated carbocycles. The first kappa shape index (κ1) is 17.2. The Morgan fingerprint density at radius 2 is 2.15 bits per heavy atom. The van der Waals surface area contributed by atoms with E-state index < -0.39 is 24.1 Å². The van der Waals surface area contributed by atoms with Gasteiger partial charge >= 0.3 is 6.09 Å². The lowest BCUT2D eigenvalue weighted by molar-refractivity contribution is -0.314. The standard InChI is InChI=1S/C12H20BrNO6/c1-7(2)19-10-9(17-4)8(16-3)5-18-12(10,6-13)20-11(14)15/h8-10H,1,5-6H2,2-4H3,(H2,14,15)/t8-,9-,10-,12+/m1/s1. The quantitative estimate of drug-likeness (QED) is 0.569. The summed E-state index contributed by atoms with van der Waals surface area (Å²) in [6.45, 7) is 5.53. The molecule has 0 aromatic carbocycles. The van der Waals surface area contributed by atoms with E-state index in [-0.39, 0.29) is 18.0 Å². The van der Waals surface area contributed by atoms with E-state index in [0.717, 1.165) is 0 Å². The first-order valence-corrected chi connectivity index (χ1v) is 7.08. The molecule has 0 aromatic heterocycles. The topological polar surface area (TPSA) is 89.2 Å². The van der Waals surface area contributed by atoms with Crippen LogP contribution >= 0.6 is 15.9 Å². The molecule has 116 valence electrons. The Morgan fingerprint density at radius 1 is 1.50 bits per heavy atom. The van der Waals surface area contributed by atoms with Crippen LogP contribution in [0.1, 0.15) is 6.92 Å². The number of carbonyl (C=O) groups excluding carboxylic acids is 1. The second-order valence-electron chi connectivity index (χ2n) is 4.39. The minimum Gasteiger partial charge on any atom is -0.486 e. The number of alkyl halides is 1. The number of carbonyl (C=O) groups is 1. The van der Waals surface area contributed by atoms with Gasteiger partial charge in [-0.05, 0) is 6.92 Å². The van der Waals surface area contributed by atoms with Crippen LogP contribution in [0.4, 0.5) is 4.79 Å². The maximum Gasteiger partial charge on any atom is 0.407 e. The van der Waals surface area contributed by atoms with Crippen LogP contribution in [0.2, 0.25) is 0 Å². The fourth-order valence-electron chi connectivity index (χ4n) is 2.10. The minimum atomic E-state index is -1.40. The summed E-state index contributed by atoms with van der Waals surface area (Å²) in [6.07, 6.45) is -2.61. The van der Waals surface area contributed by atoms with E-state index in [0.29, 0.717) is 5.76 Å². The lowest BCUT2D eigenvalue weighted by atomic mass is 9.97. The molecule has 7 nitrogen and oxygen atoms in total. The average Bonchev–Trinajstić information content (AvgIpc) is 2.39. The number of amides is 1. The summed E-state index contributed by atoms with van der Waals surface area (Å²) >= 11 is 3.26. The Hall–Kier alpha value is -0.830. The summed E-state index contributed by atoms with van der Waals surface area (Å²) < 4.78 is 27.1. The maximum atomic E-state index is 11.2. The number of hydrogen-bond donors (Lipinski definition) is 1. The van der Waals surface area contributed by atoms with Crippen LogP contribution in [0, 0.1) is 0 Å². The van der Waals surface area contributed by atoms with Crippen LogP contribution in [-0.4, -0.2) is 56.3 Å². The molecular formula is C12H20BrNO6. The van der Waals surface area contributed by atoms with Gasteiger partial charge in [0, 0.05) is 14.2 Å². The van der Waals surface area contributed by atoms with Gasteiger partial charge in [-0.1, -0.05) is 22.5 Å². The van der Waals surface area contributed by atoms with E-state index in [1.807, 2.05) is 0 Å². The van der Waals surface area contributed by atoms with Crippen molar-refractivity contribution in [2.24, 2.45) is 5.73 Å². The summed E-state index contributed by atoms with van der Waals surface area (Å²) in [7, 11) is 3.05. The molecule has 0 unspecified atom stereocenters. The van der Waals surface area contributed by atoms with Crippen molar-refractivity contribution in [2.45, 2.75) is 31.0 Å². The second kappa shape index (κ2) is 7.26.